The van der Waals surface area contributed by atoms with Crippen LogP contribution in [0.5, 0.6) is 0 Å². The van der Waals surface area contributed by atoms with Crippen molar-refractivity contribution in [1.82, 2.24) is 4.31 Å². The summed E-state index contributed by atoms with van der Waals surface area (Å²) in [4.78, 5) is 0. The first-order valence-corrected chi connectivity index (χ1v) is 7.56. The number of rotatable bonds is 7. The van der Waals surface area contributed by atoms with Gasteiger partial charge >= 0.3 is 0 Å². The zero-order chi connectivity index (χ0) is 15.2. The Balaban J connectivity index is 2.87. The van der Waals surface area contributed by atoms with Crippen molar-refractivity contribution in [3.8, 4) is 0 Å². The van der Waals surface area contributed by atoms with Gasteiger partial charge in [-0.3, -0.25) is 0 Å². The topological polar surface area (TPSA) is 57.6 Å². The van der Waals surface area contributed by atoms with Crippen LogP contribution in [0.4, 0.5) is 8.78 Å². The van der Waals surface area contributed by atoms with Crippen LogP contribution < -0.4 is 0 Å². The Kier molecular flexibility index (Phi) is 6.54. The molecular formula is C12H14ClF2NO3S. The quantitative estimate of drug-likeness (QED) is 0.836. The van der Waals surface area contributed by atoms with Gasteiger partial charge in [-0.1, -0.05) is 23.7 Å². The van der Waals surface area contributed by atoms with Crippen LogP contribution in [0.2, 0.25) is 5.02 Å². The molecule has 0 saturated heterocycles. The molecule has 112 valence electrons. The highest BCUT2D eigenvalue weighted by atomic mass is 35.5. The van der Waals surface area contributed by atoms with Crippen LogP contribution in [-0.4, -0.2) is 44.0 Å². The molecule has 0 aliphatic rings. The van der Waals surface area contributed by atoms with Gasteiger partial charge in [0.1, 0.15) is 0 Å². The molecule has 20 heavy (non-hydrogen) atoms. The van der Waals surface area contributed by atoms with E-state index >= 15 is 0 Å². The lowest BCUT2D eigenvalue weighted by molar-refractivity contribution is 0.113. The van der Waals surface area contributed by atoms with Crippen molar-refractivity contribution >= 4 is 27.7 Å². The third kappa shape index (κ3) is 5.54. The first-order valence-electron chi connectivity index (χ1n) is 5.68. The number of aliphatic hydroxyl groups excluding tert-OH is 1. The Morgan fingerprint density at radius 3 is 2.40 bits per heavy atom. The molecule has 0 atom stereocenters. The number of nitrogens with zero attached hydrogens (tertiary/aromatic N) is 1. The minimum Gasteiger partial charge on any atom is -0.395 e. The van der Waals surface area contributed by atoms with E-state index in [4.69, 9.17) is 16.7 Å². The standard InChI is InChI=1S/C12H14ClF2NO3S/c13-11-3-1-10(2-4-11)5-8-20(18,19)16(6-7-17)9-12(14)15/h1-5,8,12,17H,6-7,9H2/b8-5+. The highest BCUT2D eigenvalue weighted by Gasteiger charge is 2.22. The Hall–Kier alpha value is -1.02. The second-order valence-corrected chi connectivity index (χ2v) is 6.13. The van der Waals surface area contributed by atoms with Crippen LogP contribution in [0.1, 0.15) is 5.56 Å². The van der Waals surface area contributed by atoms with Gasteiger partial charge in [0.25, 0.3) is 6.43 Å². The van der Waals surface area contributed by atoms with E-state index in [0.717, 1.165) is 5.41 Å². The predicted molar refractivity (Wildman–Crippen MR) is 74.1 cm³/mol. The lowest BCUT2D eigenvalue weighted by Crippen LogP contribution is -2.35. The van der Waals surface area contributed by atoms with E-state index in [2.05, 4.69) is 0 Å². The smallest absolute Gasteiger partial charge is 0.252 e. The molecule has 0 bridgehead atoms. The maximum atomic E-state index is 12.3. The molecule has 8 heteroatoms. The van der Waals surface area contributed by atoms with E-state index in [-0.39, 0.29) is 6.54 Å². The minimum atomic E-state index is -4.01. The van der Waals surface area contributed by atoms with Crippen LogP contribution in [0.15, 0.2) is 29.7 Å². The summed E-state index contributed by atoms with van der Waals surface area (Å²) in [6, 6.07) is 6.35. The van der Waals surface area contributed by atoms with Crippen molar-refractivity contribution in [2.24, 2.45) is 0 Å². The molecular weight excluding hydrogens is 312 g/mol. The second-order valence-electron chi connectivity index (χ2n) is 3.87. The van der Waals surface area contributed by atoms with Gasteiger partial charge in [0, 0.05) is 17.0 Å². The van der Waals surface area contributed by atoms with Gasteiger partial charge in [-0.25, -0.2) is 17.2 Å². The summed E-state index contributed by atoms with van der Waals surface area (Å²) < 4.78 is 48.9. The summed E-state index contributed by atoms with van der Waals surface area (Å²) in [5, 5.41) is 10.1. The molecule has 0 radical (unpaired) electrons. The lowest BCUT2D eigenvalue weighted by atomic mass is 10.2. The predicted octanol–water partition coefficient (Wildman–Crippen LogP) is 2.20. The molecule has 0 unspecified atom stereocenters. The van der Waals surface area contributed by atoms with E-state index < -0.39 is 29.6 Å². The average molecular weight is 326 g/mol. The van der Waals surface area contributed by atoms with Crippen molar-refractivity contribution in [3.05, 3.63) is 40.3 Å². The van der Waals surface area contributed by atoms with Crippen molar-refractivity contribution < 1.29 is 22.3 Å². The van der Waals surface area contributed by atoms with Crippen LogP contribution >= 0.6 is 11.6 Å². The van der Waals surface area contributed by atoms with Crippen LogP contribution in [0.25, 0.3) is 6.08 Å². The summed E-state index contributed by atoms with van der Waals surface area (Å²) >= 11 is 5.69. The average Bonchev–Trinajstić information content (AvgIpc) is 2.37. The number of aliphatic hydroxyl groups is 1. The largest absolute Gasteiger partial charge is 0.395 e. The van der Waals surface area contributed by atoms with Gasteiger partial charge in [-0.05, 0) is 23.8 Å². The molecule has 0 amide bonds. The van der Waals surface area contributed by atoms with Gasteiger partial charge < -0.3 is 5.11 Å². The van der Waals surface area contributed by atoms with Crippen LogP contribution in [0, 0.1) is 0 Å². The summed E-state index contributed by atoms with van der Waals surface area (Å²) in [6.45, 7) is -1.85. The third-order valence-electron chi connectivity index (χ3n) is 2.35. The number of halogens is 3. The first-order chi connectivity index (χ1) is 9.35. The van der Waals surface area contributed by atoms with Crippen molar-refractivity contribution in [1.29, 1.82) is 0 Å². The summed E-state index contributed by atoms with van der Waals surface area (Å²) in [7, 11) is -4.01. The minimum absolute atomic E-state index is 0.377. The Bertz CT molecular complexity index is 546. The van der Waals surface area contributed by atoms with E-state index in [1.807, 2.05) is 0 Å². The first kappa shape index (κ1) is 17.0. The molecule has 1 N–H and O–H groups in total. The molecule has 1 aromatic rings. The monoisotopic (exact) mass is 325 g/mol. The maximum Gasteiger partial charge on any atom is 0.252 e. The van der Waals surface area contributed by atoms with Crippen molar-refractivity contribution in [2.45, 2.75) is 6.43 Å². The molecule has 0 spiro atoms. The number of hydrogen-bond acceptors (Lipinski definition) is 3. The Labute approximate surface area is 121 Å². The number of alkyl halides is 2. The molecule has 0 aliphatic carbocycles. The molecule has 0 aliphatic heterocycles. The summed E-state index contributed by atoms with van der Waals surface area (Å²) in [5.41, 5.74) is 0.568. The third-order valence-corrected chi connectivity index (χ3v) is 4.14. The fraction of sp³-hybridized carbons (Fsp3) is 0.333. The molecule has 4 nitrogen and oxygen atoms in total. The van der Waals surface area contributed by atoms with E-state index in [9.17, 15) is 17.2 Å². The lowest BCUT2D eigenvalue weighted by Gasteiger charge is -2.18. The Morgan fingerprint density at radius 1 is 1.30 bits per heavy atom. The van der Waals surface area contributed by atoms with Crippen LogP contribution in [-0.2, 0) is 10.0 Å². The van der Waals surface area contributed by atoms with Gasteiger partial charge in [0.05, 0.1) is 13.2 Å². The molecule has 1 rings (SSSR count). The van der Waals surface area contributed by atoms with Crippen LogP contribution in [0.3, 0.4) is 0 Å². The van der Waals surface area contributed by atoms with E-state index in [1.54, 1.807) is 24.3 Å². The van der Waals surface area contributed by atoms with Gasteiger partial charge in [-0.2, -0.15) is 4.31 Å². The zero-order valence-corrected chi connectivity index (χ0v) is 12.0. The molecule has 0 aromatic heterocycles. The fourth-order valence-corrected chi connectivity index (χ4v) is 2.70. The summed E-state index contributed by atoms with van der Waals surface area (Å²) in [5.74, 6) is 0. The zero-order valence-electron chi connectivity index (χ0n) is 10.4. The molecule has 0 heterocycles. The number of hydrogen-bond donors (Lipinski definition) is 1. The van der Waals surface area contributed by atoms with Gasteiger partial charge in [0.2, 0.25) is 10.0 Å². The number of benzene rings is 1. The maximum absolute atomic E-state index is 12.3. The second kappa shape index (κ2) is 7.68. The van der Waals surface area contributed by atoms with Crippen molar-refractivity contribution in [2.75, 3.05) is 19.7 Å². The van der Waals surface area contributed by atoms with Crippen molar-refractivity contribution in [3.63, 3.8) is 0 Å². The SMILES string of the molecule is O=S(=O)(/C=C/c1ccc(Cl)cc1)N(CCO)CC(F)F. The molecule has 0 saturated carbocycles. The Morgan fingerprint density at radius 2 is 1.90 bits per heavy atom. The highest BCUT2D eigenvalue weighted by Crippen LogP contribution is 2.13. The summed E-state index contributed by atoms with van der Waals surface area (Å²) in [6.07, 6.45) is -1.53. The van der Waals surface area contributed by atoms with E-state index in [0.29, 0.717) is 14.9 Å². The van der Waals surface area contributed by atoms with Gasteiger partial charge in [-0.15, -0.1) is 0 Å². The van der Waals surface area contributed by atoms with Gasteiger partial charge in [0.15, 0.2) is 0 Å². The highest BCUT2D eigenvalue weighted by molar-refractivity contribution is 7.92. The normalized spacial score (nSPS) is 12.7. The number of sulfonamides is 1. The molecule has 0 fully saturated rings. The van der Waals surface area contributed by atoms with E-state index in [1.165, 1.54) is 6.08 Å². The molecule has 1 aromatic carbocycles. The fourth-order valence-electron chi connectivity index (χ4n) is 1.41.